The molecule has 0 aromatic rings. The summed E-state index contributed by atoms with van der Waals surface area (Å²) in [6.07, 6.45) is 3.03. The van der Waals surface area contributed by atoms with Gasteiger partial charge in [-0.1, -0.05) is 6.92 Å². The highest BCUT2D eigenvalue weighted by atomic mass is 16.5. The van der Waals surface area contributed by atoms with E-state index in [0.29, 0.717) is 5.91 Å². The Kier molecular flexibility index (Phi) is 3.73. The summed E-state index contributed by atoms with van der Waals surface area (Å²) in [4.78, 5) is 14.5. The quantitative estimate of drug-likeness (QED) is 0.783. The summed E-state index contributed by atoms with van der Waals surface area (Å²) < 4.78 is 5.55. The van der Waals surface area contributed by atoms with Gasteiger partial charge in [-0.25, -0.2) is 0 Å². The number of carbonyl (C=O) groups is 1. The second-order valence-electron chi connectivity index (χ2n) is 5.66. The van der Waals surface area contributed by atoms with Crippen LogP contribution in [-0.2, 0) is 9.53 Å². The fourth-order valence-electron chi connectivity index (χ4n) is 3.00. The molecule has 1 N–H and O–H groups in total. The highest BCUT2D eigenvalue weighted by Gasteiger charge is 2.40. The third kappa shape index (κ3) is 2.47. The van der Waals surface area contributed by atoms with Gasteiger partial charge >= 0.3 is 0 Å². The zero-order chi connectivity index (χ0) is 12.5. The lowest BCUT2D eigenvalue weighted by atomic mass is 9.79. The molecule has 2 aliphatic rings. The largest absolute Gasteiger partial charge is 0.376 e. The van der Waals surface area contributed by atoms with Gasteiger partial charge in [0.2, 0.25) is 5.91 Å². The van der Waals surface area contributed by atoms with Crippen molar-refractivity contribution < 1.29 is 9.53 Å². The Morgan fingerprint density at radius 1 is 1.41 bits per heavy atom. The fourth-order valence-corrected chi connectivity index (χ4v) is 3.00. The first-order chi connectivity index (χ1) is 8.04. The molecule has 0 saturated carbocycles. The third-order valence-electron chi connectivity index (χ3n) is 4.38. The van der Waals surface area contributed by atoms with Crippen molar-refractivity contribution in [1.82, 2.24) is 10.2 Å². The van der Waals surface area contributed by atoms with Crippen LogP contribution in [0.25, 0.3) is 0 Å². The highest BCUT2D eigenvalue weighted by Crippen LogP contribution is 2.32. The molecular formula is C13H24N2O2. The maximum Gasteiger partial charge on any atom is 0.228 e. The third-order valence-corrected chi connectivity index (χ3v) is 4.38. The van der Waals surface area contributed by atoms with E-state index in [1.165, 1.54) is 0 Å². The van der Waals surface area contributed by atoms with Crippen molar-refractivity contribution in [3.8, 4) is 0 Å². The molecule has 2 fully saturated rings. The first kappa shape index (κ1) is 12.8. The van der Waals surface area contributed by atoms with Gasteiger partial charge in [-0.05, 0) is 39.3 Å². The normalized spacial score (nSPS) is 32.4. The van der Waals surface area contributed by atoms with E-state index in [4.69, 9.17) is 4.74 Å². The van der Waals surface area contributed by atoms with Gasteiger partial charge in [-0.15, -0.1) is 0 Å². The number of piperidine rings is 1. The Morgan fingerprint density at radius 3 is 2.59 bits per heavy atom. The topological polar surface area (TPSA) is 41.6 Å². The monoisotopic (exact) mass is 240 g/mol. The minimum atomic E-state index is -0.178. The zero-order valence-corrected chi connectivity index (χ0v) is 11.2. The molecule has 4 heteroatoms. The second-order valence-corrected chi connectivity index (χ2v) is 5.66. The van der Waals surface area contributed by atoms with E-state index in [0.717, 1.165) is 39.0 Å². The lowest BCUT2D eigenvalue weighted by Gasteiger charge is -2.38. The number of hydrogen-bond acceptors (Lipinski definition) is 3. The Labute approximate surface area is 104 Å². The smallest absolute Gasteiger partial charge is 0.228 e. The van der Waals surface area contributed by atoms with Gasteiger partial charge < -0.3 is 15.0 Å². The summed E-state index contributed by atoms with van der Waals surface area (Å²) in [6, 6.07) is 0.259. The molecule has 2 rings (SSSR count). The van der Waals surface area contributed by atoms with Crippen LogP contribution in [0.1, 0.15) is 33.1 Å². The fraction of sp³-hybridized carbons (Fsp3) is 0.923. The standard InChI is InChI=1S/C13H24N2O2/c1-10-11(4-9-17-10)15(3)12(16)13(2)5-7-14-8-6-13/h10-11,14H,4-9H2,1-3H3. The van der Waals surface area contributed by atoms with E-state index in [1.54, 1.807) is 0 Å². The predicted molar refractivity (Wildman–Crippen MR) is 66.8 cm³/mol. The van der Waals surface area contributed by atoms with E-state index in [-0.39, 0.29) is 17.6 Å². The lowest BCUT2D eigenvalue weighted by Crippen LogP contribution is -2.51. The molecule has 2 saturated heterocycles. The predicted octanol–water partition coefficient (Wildman–Crippen LogP) is 1.01. The average molecular weight is 240 g/mol. The lowest BCUT2D eigenvalue weighted by molar-refractivity contribution is -0.144. The number of carbonyl (C=O) groups excluding carboxylic acids is 1. The molecule has 2 aliphatic heterocycles. The van der Waals surface area contributed by atoms with E-state index < -0.39 is 0 Å². The first-order valence-electron chi connectivity index (χ1n) is 6.64. The van der Waals surface area contributed by atoms with Crippen molar-refractivity contribution in [3.05, 3.63) is 0 Å². The SMILES string of the molecule is CC1OCCC1N(C)C(=O)C1(C)CCNCC1. The number of rotatable bonds is 2. The summed E-state index contributed by atoms with van der Waals surface area (Å²) >= 11 is 0. The van der Waals surface area contributed by atoms with Crippen LogP contribution in [0, 0.1) is 5.41 Å². The van der Waals surface area contributed by atoms with Crippen LogP contribution in [0.5, 0.6) is 0 Å². The Hall–Kier alpha value is -0.610. The molecule has 2 atom stereocenters. The molecule has 4 nitrogen and oxygen atoms in total. The van der Waals surface area contributed by atoms with Crippen molar-refractivity contribution in [3.63, 3.8) is 0 Å². The van der Waals surface area contributed by atoms with Gasteiger partial charge in [0.05, 0.1) is 12.1 Å². The van der Waals surface area contributed by atoms with E-state index >= 15 is 0 Å². The van der Waals surface area contributed by atoms with Crippen LogP contribution < -0.4 is 5.32 Å². The minimum Gasteiger partial charge on any atom is -0.376 e. The number of likely N-dealkylation sites (N-methyl/N-ethyl adjacent to an activating group) is 1. The Morgan fingerprint density at radius 2 is 2.06 bits per heavy atom. The molecule has 2 unspecified atom stereocenters. The molecule has 0 aromatic heterocycles. The first-order valence-corrected chi connectivity index (χ1v) is 6.64. The van der Waals surface area contributed by atoms with Crippen molar-refractivity contribution in [2.75, 3.05) is 26.7 Å². The van der Waals surface area contributed by atoms with E-state index in [1.807, 2.05) is 11.9 Å². The summed E-state index contributed by atoms with van der Waals surface area (Å²) in [7, 11) is 1.94. The average Bonchev–Trinajstić information content (AvgIpc) is 2.74. The second kappa shape index (κ2) is 4.94. The number of nitrogens with zero attached hydrogens (tertiary/aromatic N) is 1. The molecule has 0 spiro atoms. The van der Waals surface area contributed by atoms with Crippen LogP contribution in [0.15, 0.2) is 0 Å². The molecule has 0 radical (unpaired) electrons. The van der Waals surface area contributed by atoms with Crippen LogP contribution >= 0.6 is 0 Å². The molecule has 2 heterocycles. The summed E-state index contributed by atoms with van der Waals surface area (Å²) in [5, 5.41) is 3.32. The number of amides is 1. The molecule has 17 heavy (non-hydrogen) atoms. The molecule has 98 valence electrons. The van der Waals surface area contributed by atoms with Crippen molar-refractivity contribution in [1.29, 1.82) is 0 Å². The maximum absolute atomic E-state index is 12.6. The number of nitrogens with one attached hydrogen (secondary N) is 1. The summed E-state index contributed by atoms with van der Waals surface area (Å²) in [6.45, 7) is 6.85. The van der Waals surface area contributed by atoms with Crippen LogP contribution in [0.3, 0.4) is 0 Å². The van der Waals surface area contributed by atoms with Crippen molar-refractivity contribution in [2.45, 2.75) is 45.3 Å². The minimum absolute atomic E-state index is 0.175. The van der Waals surface area contributed by atoms with E-state index in [9.17, 15) is 4.79 Å². The number of hydrogen-bond donors (Lipinski definition) is 1. The molecule has 1 amide bonds. The molecule has 0 aromatic carbocycles. The van der Waals surface area contributed by atoms with Gasteiger partial charge in [-0.2, -0.15) is 0 Å². The summed E-state index contributed by atoms with van der Waals surface area (Å²) in [5.41, 5.74) is -0.178. The van der Waals surface area contributed by atoms with Gasteiger partial charge in [-0.3, -0.25) is 4.79 Å². The van der Waals surface area contributed by atoms with E-state index in [2.05, 4.69) is 19.2 Å². The van der Waals surface area contributed by atoms with Crippen LogP contribution in [-0.4, -0.2) is 49.7 Å². The molecule has 0 aliphatic carbocycles. The van der Waals surface area contributed by atoms with Gasteiger partial charge in [0.25, 0.3) is 0 Å². The molecule has 0 bridgehead atoms. The zero-order valence-electron chi connectivity index (χ0n) is 11.2. The van der Waals surface area contributed by atoms with Crippen molar-refractivity contribution >= 4 is 5.91 Å². The maximum atomic E-state index is 12.6. The Balaban J connectivity index is 2.03. The summed E-state index contributed by atoms with van der Waals surface area (Å²) in [5.74, 6) is 0.293. The van der Waals surface area contributed by atoms with Gasteiger partial charge in [0.1, 0.15) is 0 Å². The number of ether oxygens (including phenoxy) is 1. The van der Waals surface area contributed by atoms with Gasteiger partial charge in [0, 0.05) is 19.1 Å². The van der Waals surface area contributed by atoms with Crippen LogP contribution in [0.4, 0.5) is 0 Å². The van der Waals surface area contributed by atoms with Crippen molar-refractivity contribution in [2.24, 2.45) is 5.41 Å². The molecular weight excluding hydrogens is 216 g/mol. The highest BCUT2D eigenvalue weighted by molar-refractivity contribution is 5.82. The van der Waals surface area contributed by atoms with Crippen LogP contribution in [0.2, 0.25) is 0 Å². The Bertz CT molecular complexity index is 287. The van der Waals surface area contributed by atoms with Gasteiger partial charge in [0.15, 0.2) is 0 Å².